The van der Waals surface area contributed by atoms with E-state index in [1.165, 1.54) is 5.56 Å². The second kappa shape index (κ2) is 4.53. The first-order valence-corrected chi connectivity index (χ1v) is 5.38. The predicted molar refractivity (Wildman–Crippen MR) is 60.6 cm³/mol. The summed E-state index contributed by atoms with van der Waals surface area (Å²) in [7, 11) is 0. The Morgan fingerprint density at radius 3 is 3.20 bits per heavy atom. The zero-order valence-electron chi connectivity index (χ0n) is 9.25. The highest BCUT2D eigenvalue weighted by atomic mass is 16.5. The minimum absolute atomic E-state index is 0.125. The summed E-state index contributed by atoms with van der Waals surface area (Å²) in [6.45, 7) is 6.27. The van der Waals surface area contributed by atoms with Gasteiger partial charge in [0.05, 0.1) is 18.8 Å². The summed E-state index contributed by atoms with van der Waals surface area (Å²) >= 11 is 0. The van der Waals surface area contributed by atoms with Crippen LogP contribution in [0.1, 0.15) is 12.5 Å². The average Bonchev–Trinajstić information content (AvgIpc) is 2.26. The fraction of sp³-hybridized carbons (Fsp3) is 0.500. The maximum absolute atomic E-state index is 5.80. The van der Waals surface area contributed by atoms with E-state index in [9.17, 15) is 0 Å². The van der Waals surface area contributed by atoms with E-state index in [1.54, 1.807) is 0 Å². The lowest BCUT2D eigenvalue weighted by molar-refractivity contribution is 0.0599. The van der Waals surface area contributed by atoms with Gasteiger partial charge in [-0.3, -0.25) is 0 Å². The molecule has 1 aliphatic rings. The van der Waals surface area contributed by atoms with Crippen LogP contribution in [0.3, 0.4) is 0 Å². The fourth-order valence-electron chi connectivity index (χ4n) is 1.67. The lowest BCUT2D eigenvalue weighted by atomic mass is 10.1. The summed E-state index contributed by atoms with van der Waals surface area (Å²) < 4.78 is 11.1. The highest BCUT2D eigenvalue weighted by Crippen LogP contribution is 2.29. The lowest BCUT2D eigenvalue weighted by Crippen LogP contribution is -2.34. The second-order valence-corrected chi connectivity index (χ2v) is 3.78. The number of rotatable bonds is 3. The molecule has 2 rings (SSSR count). The Balaban J connectivity index is 2.03. The van der Waals surface area contributed by atoms with E-state index < -0.39 is 0 Å². The molecule has 0 bridgehead atoms. The number of hydrogen-bond donors (Lipinski definition) is 1. The van der Waals surface area contributed by atoms with Crippen molar-refractivity contribution in [1.29, 1.82) is 0 Å². The van der Waals surface area contributed by atoms with E-state index in [2.05, 4.69) is 24.4 Å². The number of aryl methyl sites for hydroxylation is 1. The molecule has 3 heteroatoms. The summed E-state index contributed by atoms with van der Waals surface area (Å²) in [6, 6.07) is 6.17. The van der Waals surface area contributed by atoms with Crippen LogP contribution in [0.4, 0.5) is 5.69 Å². The van der Waals surface area contributed by atoms with Crippen LogP contribution < -0.4 is 10.1 Å². The van der Waals surface area contributed by atoms with Crippen LogP contribution in [0.25, 0.3) is 0 Å². The van der Waals surface area contributed by atoms with Crippen LogP contribution in [-0.2, 0) is 4.74 Å². The van der Waals surface area contributed by atoms with Crippen LogP contribution in [-0.4, -0.2) is 25.9 Å². The lowest BCUT2D eigenvalue weighted by Gasteiger charge is -2.27. The largest absolute Gasteiger partial charge is 0.484 e. The molecule has 3 nitrogen and oxygen atoms in total. The number of benzene rings is 1. The molecule has 1 unspecified atom stereocenters. The molecule has 0 radical (unpaired) electrons. The Bertz CT molecular complexity index is 338. The van der Waals surface area contributed by atoms with E-state index in [1.807, 2.05) is 13.0 Å². The highest BCUT2D eigenvalue weighted by molar-refractivity contribution is 5.59. The number of anilines is 1. The summed E-state index contributed by atoms with van der Waals surface area (Å²) in [6.07, 6.45) is 0.125. The summed E-state index contributed by atoms with van der Waals surface area (Å²) in [4.78, 5) is 0. The highest BCUT2D eigenvalue weighted by Gasteiger charge is 2.18. The molecule has 0 aromatic heterocycles. The van der Waals surface area contributed by atoms with Gasteiger partial charge in [0.15, 0.2) is 0 Å². The van der Waals surface area contributed by atoms with Gasteiger partial charge in [0.25, 0.3) is 0 Å². The topological polar surface area (TPSA) is 30.5 Å². The Morgan fingerprint density at radius 1 is 1.53 bits per heavy atom. The predicted octanol–water partition coefficient (Wildman–Crippen LogP) is 2.20. The molecule has 0 saturated heterocycles. The number of hydrogen-bond acceptors (Lipinski definition) is 3. The summed E-state index contributed by atoms with van der Waals surface area (Å²) in [5, 5.41) is 3.36. The van der Waals surface area contributed by atoms with E-state index in [0.29, 0.717) is 6.61 Å². The number of nitrogens with one attached hydrogen (secondary N) is 1. The van der Waals surface area contributed by atoms with Crippen LogP contribution in [0, 0.1) is 6.92 Å². The standard InChI is InChI=1S/C12H17NO2/c1-3-14-8-10-7-13-11-6-9(2)4-5-12(11)15-10/h4-6,10,13H,3,7-8H2,1-2H3. The van der Waals surface area contributed by atoms with Gasteiger partial charge >= 0.3 is 0 Å². The first-order chi connectivity index (χ1) is 7.29. The summed E-state index contributed by atoms with van der Waals surface area (Å²) in [5.41, 5.74) is 2.33. The Hall–Kier alpha value is -1.22. The number of ether oxygens (including phenoxy) is 2. The van der Waals surface area contributed by atoms with Gasteiger partial charge in [-0.25, -0.2) is 0 Å². The fourth-order valence-corrected chi connectivity index (χ4v) is 1.67. The van der Waals surface area contributed by atoms with Gasteiger partial charge < -0.3 is 14.8 Å². The maximum atomic E-state index is 5.80. The van der Waals surface area contributed by atoms with Crippen LogP contribution in [0.5, 0.6) is 5.75 Å². The molecule has 1 aliphatic heterocycles. The van der Waals surface area contributed by atoms with Crippen molar-refractivity contribution in [3.8, 4) is 5.75 Å². The Kier molecular flexibility index (Phi) is 3.11. The van der Waals surface area contributed by atoms with Crippen molar-refractivity contribution in [2.75, 3.05) is 25.1 Å². The third kappa shape index (κ3) is 2.42. The van der Waals surface area contributed by atoms with Crippen LogP contribution in [0.2, 0.25) is 0 Å². The van der Waals surface area contributed by atoms with Crippen molar-refractivity contribution in [3.05, 3.63) is 23.8 Å². The van der Waals surface area contributed by atoms with Crippen molar-refractivity contribution < 1.29 is 9.47 Å². The van der Waals surface area contributed by atoms with Gasteiger partial charge in [0.2, 0.25) is 0 Å². The normalized spacial score (nSPS) is 18.9. The first kappa shape index (κ1) is 10.3. The van der Waals surface area contributed by atoms with Gasteiger partial charge in [-0.15, -0.1) is 0 Å². The van der Waals surface area contributed by atoms with E-state index in [0.717, 1.165) is 24.6 Å². The molecule has 1 heterocycles. The maximum Gasteiger partial charge on any atom is 0.143 e. The van der Waals surface area contributed by atoms with E-state index in [4.69, 9.17) is 9.47 Å². The monoisotopic (exact) mass is 207 g/mol. The molecule has 15 heavy (non-hydrogen) atoms. The second-order valence-electron chi connectivity index (χ2n) is 3.78. The van der Waals surface area contributed by atoms with Gasteiger partial charge in [-0.2, -0.15) is 0 Å². The SMILES string of the molecule is CCOCC1CNc2cc(C)ccc2O1. The molecular formula is C12H17NO2. The minimum atomic E-state index is 0.125. The molecule has 0 fully saturated rings. The quantitative estimate of drug-likeness (QED) is 0.824. The molecule has 0 amide bonds. The van der Waals surface area contributed by atoms with E-state index >= 15 is 0 Å². The Labute approximate surface area is 90.4 Å². The van der Waals surface area contributed by atoms with Gasteiger partial charge in [0, 0.05) is 6.61 Å². The minimum Gasteiger partial charge on any atom is -0.484 e. The smallest absolute Gasteiger partial charge is 0.143 e. The zero-order chi connectivity index (χ0) is 10.7. The van der Waals surface area contributed by atoms with Crippen LogP contribution >= 0.6 is 0 Å². The van der Waals surface area contributed by atoms with Crippen molar-refractivity contribution in [2.24, 2.45) is 0 Å². The first-order valence-electron chi connectivity index (χ1n) is 5.38. The zero-order valence-corrected chi connectivity index (χ0v) is 9.25. The molecule has 82 valence electrons. The number of fused-ring (bicyclic) bond motifs is 1. The molecular weight excluding hydrogens is 190 g/mol. The van der Waals surface area contributed by atoms with Crippen molar-refractivity contribution in [2.45, 2.75) is 20.0 Å². The van der Waals surface area contributed by atoms with Crippen molar-refractivity contribution >= 4 is 5.69 Å². The van der Waals surface area contributed by atoms with E-state index in [-0.39, 0.29) is 6.10 Å². The van der Waals surface area contributed by atoms with Crippen LogP contribution in [0.15, 0.2) is 18.2 Å². The molecule has 1 atom stereocenters. The average molecular weight is 207 g/mol. The molecule has 1 aromatic carbocycles. The molecule has 1 aromatic rings. The van der Waals surface area contributed by atoms with Gasteiger partial charge in [0.1, 0.15) is 11.9 Å². The molecule has 0 aliphatic carbocycles. The van der Waals surface area contributed by atoms with Gasteiger partial charge in [-0.1, -0.05) is 6.07 Å². The summed E-state index contributed by atoms with van der Waals surface area (Å²) in [5.74, 6) is 0.927. The van der Waals surface area contributed by atoms with Gasteiger partial charge in [-0.05, 0) is 31.5 Å². The third-order valence-electron chi connectivity index (χ3n) is 2.46. The molecule has 1 N–H and O–H groups in total. The molecule has 0 spiro atoms. The third-order valence-corrected chi connectivity index (χ3v) is 2.46. The van der Waals surface area contributed by atoms with Crippen molar-refractivity contribution in [1.82, 2.24) is 0 Å². The molecule has 0 saturated carbocycles. The Morgan fingerprint density at radius 2 is 2.40 bits per heavy atom. The van der Waals surface area contributed by atoms with Crippen molar-refractivity contribution in [3.63, 3.8) is 0 Å².